The Morgan fingerprint density at radius 2 is 1.73 bits per heavy atom. The number of anilines is 1. The second-order valence-corrected chi connectivity index (χ2v) is 12.4. The van der Waals surface area contributed by atoms with E-state index in [4.69, 9.17) is 9.26 Å². The van der Waals surface area contributed by atoms with E-state index in [1.165, 1.54) is 50.5 Å². The summed E-state index contributed by atoms with van der Waals surface area (Å²) in [4.78, 5) is 20.6. The predicted molar refractivity (Wildman–Crippen MR) is 158 cm³/mol. The summed E-state index contributed by atoms with van der Waals surface area (Å²) in [5, 5.41) is 3.87. The fraction of sp³-hybridized carbons (Fsp3) is 0.500. The van der Waals surface area contributed by atoms with Gasteiger partial charge in [0.15, 0.2) is 5.82 Å². The van der Waals surface area contributed by atoms with Crippen LogP contribution in [-0.4, -0.2) is 29.7 Å². The molecule has 3 aromatic rings. The summed E-state index contributed by atoms with van der Waals surface area (Å²) in [5.74, 6) is 2.48. The summed E-state index contributed by atoms with van der Waals surface area (Å²) in [5.41, 5.74) is 3.94. The van der Waals surface area contributed by atoms with E-state index in [2.05, 4.69) is 63.6 Å². The summed E-state index contributed by atoms with van der Waals surface area (Å²) in [7, 11) is 1.73. The highest BCUT2D eigenvalue weighted by Gasteiger charge is 2.50. The zero-order chi connectivity index (χ0) is 27.6. The van der Waals surface area contributed by atoms with E-state index < -0.39 is 0 Å². The van der Waals surface area contributed by atoms with E-state index >= 15 is 0 Å². The molecule has 2 aromatic carbocycles. The number of carbonyl (C=O) groups is 1. The van der Waals surface area contributed by atoms with Gasteiger partial charge in [-0.05, 0) is 111 Å². The fourth-order valence-electron chi connectivity index (χ4n) is 7.42. The average molecular weight is 540 g/mol. The van der Waals surface area contributed by atoms with Gasteiger partial charge in [-0.2, -0.15) is 4.98 Å². The van der Waals surface area contributed by atoms with Crippen molar-refractivity contribution in [2.75, 3.05) is 18.6 Å². The maximum Gasteiger partial charge on any atom is 0.250 e. The zero-order valence-electron chi connectivity index (χ0n) is 23.9. The molecule has 4 aliphatic rings. The Labute approximate surface area is 237 Å². The van der Waals surface area contributed by atoms with Crippen LogP contribution in [0, 0.1) is 18.3 Å². The molecule has 7 rings (SSSR count). The molecule has 0 radical (unpaired) electrons. The average Bonchev–Trinajstić information content (AvgIpc) is 3.45. The molecule has 2 bridgehead atoms. The van der Waals surface area contributed by atoms with E-state index in [0.717, 1.165) is 49.2 Å². The molecular formula is C34H41N3O3. The lowest BCUT2D eigenvalue weighted by molar-refractivity contribution is -0.124. The number of amides is 1. The Morgan fingerprint density at radius 3 is 2.38 bits per heavy atom. The predicted octanol–water partition coefficient (Wildman–Crippen LogP) is 7.76. The molecule has 4 fully saturated rings. The largest absolute Gasteiger partial charge is 0.497 e. The maximum absolute atomic E-state index is 14.1. The first-order valence-corrected chi connectivity index (χ1v) is 15.0. The summed E-state index contributed by atoms with van der Waals surface area (Å²) in [6.07, 6.45) is 16.5. The van der Waals surface area contributed by atoms with Crippen molar-refractivity contribution in [3.05, 3.63) is 71.4 Å². The van der Waals surface area contributed by atoms with Crippen LogP contribution >= 0.6 is 0 Å². The molecule has 1 amide bonds. The van der Waals surface area contributed by atoms with Crippen molar-refractivity contribution in [3.8, 4) is 5.75 Å². The third kappa shape index (κ3) is 5.45. The van der Waals surface area contributed by atoms with Gasteiger partial charge in [-0.25, -0.2) is 0 Å². The number of hydrogen-bond acceptors (Lipinski definition) is 5. The minimum atomic E-state index is 0.135. The standard InChI is InChI=1S/C34H41N3O3/c1-25-35-31(40-36-25)16-11-26-7-6-10-29(23-26)37(32(38)27-8-4-3-5-9-27)24-33-17-20-34(21-18-33,22-19-33)28-12-14-30(39-2)15-13-28/h6-7,10-16,23,27H,3-5,8-9,17-22,24H2,1-2H3. The lowest BCUT2D eigenvalue weighted by Gasteiger charge is -2.55. The number of fused-ring (bicyclic) bond motifs is 3. The molecule has 4 aliphatic carbocycles. The van der Waals surface area contributed by atoms with Crippen LogP contribution in [0.1, 0.15) is 93.5 Å². The van der Waals surface area contributed by atoms with Crippen LogP contribution < -0.4 is 9.64 Å². The Bertz CT molecular complexity index is 1330. The van der Waals surface area contributed by atoms with Crippen LogP contribution in [0.25, 0.3) is 12.2 Å². The lowest BCUT2D eigenvalue weighted by Crippen LogP contribution is -2.51. The maximum atomic E-state index is 14.1. The van der Waals surface area contributed by atoms with E-state index in [1.54, 1.807) is 7.11 Å². The van der Waals surface area contributed by atoms with E-state index in [-0.39, 0.29) is 16.7 Å². The first-order chi connectivity index (χ1) is 19.5. The van der Waals surface area contributed by atoms with Crippen molar-refractivity contribution in [2.45, 2.75) is 83.0 Å². The van der Waals surface area contributed by atoms with Crippen LogP contribution in [0.4, 0.5) is 5.69 Å². The molecule has 0 atom stereocenters. The molecule has 210 valence electrons. The topological polar surface area (TPSA) is 68.5 Å². The summed E-state index contributed by atoms with van der Waals surface area (Å²) < 4.78 is 10.6. The number of benzene rings is 2. The Morgan fingerprint density at radius 1 is 1.00 bits per heavy atom. The quantitative estimate of drug-likeness (QED) is 0.293. The minimum Gasteiger partial charge on any atom is -0.497 e. The van der Waals surface area contributed by atoms with Crippen molar-refractivity contribution in [3.63, 3.8) is 0 Å². The number of rotatable bonds is 8. The van der Waals surface area contributed by atoms with Crippen molar-refractivity contribution in [1.29, 1.82) is 0 Å². The van der Waals surface area contributed by atoms with Gasteiger partial charge in [-0.15, -0.1) is 0 Å². The highest BCUT2D eigenvalue weighted by atomic mass is 16.5. The Balaban J connectivity index is 1.24. The molecule has 0 saturated heterocycles. The zero-order valence-corrected chi connectivity index (χ0v) is 23.9. The highest BCUT2D eigenvalue weighted by Crippen LogP contribution is 2.58. The molecule has 0 N–H and O–H groups in total. The van der Waals surface area contributed by atoms with Gasteiger partial charge in [0.05, 0.1) is 7.11 Å². The van der Waals surface area contributed by atoms with Crippen LogP contribution in [0.15, 0.2) is 53.1 Å². The van der Waals surface area contributed by atoms with E-state index in [1.807, 2.05) is 19.1 Å². The summed E-state index contributed by atoms with van der Waals surface area (Å²) >= 11 is 0. The van der Waals surface area contributed by atoms with Crippen molar-refractivity contribution >= 4 is 23.7 Å². The number of hydrogen-bond donors (Lipinski definition) is 0. The third-order valence-electron chi connectivity index (χ3n) is 9.96. The third-order valence-corrected chi connectivity index (χ3v) is 9.96. The number of aryl methyl sites for hydroxylation is 1. The SMILES string of the molecule is COc1ccc(C23CCC(CN(C(=O)C4CCCCC4)c4cccc(C=Cc5nc(C)no5)c4)(CC2)CC3)cc1. The molecule has 40 heavy (non-hydrogen) atoms. The number of ether oxygens (including phenoxy) is 1. The van der Waals surface area contributed by atoms with Gasteiger partial charge in [-0.3, -0.25) is 4.79 Å². The van der Waals surface area contributed by atoms with E-state index in [0.29, 0.717) is 17.6 Å². The monoisotopic (exact) mass is 539 g/mol. The van der Waals surface area contributed by atoms with Crippen molar-refractivity contribution in [1.82, 2.24) is 10.1 Å². The summed E-state index contributed by atoms with van der Waals surface area (Å²) in [6, 6.07) is 17.1. The second-order valence-electron chi connectivity index (χ2n) is 12.4. The molecular weight excluding hydrogens is 498 g/mol. The highest BCUT2D eigenvalue weighted by molar-refractivity contribution is 5.95. The Hall–Kier alpha value is -3.41. The number of carbonyl (C=O) groups excluding carboxylic acids is 1. The van der Waals surface area contributed by atoms with Gasteiger partial charge in [0.25, 0.3) is 5.89 Å². The van der Waals surface area contributed by atoms with E-state index in [9.17, 15) is 4.79 Å². The first kappa shape index (κ1) is 26.8. The Kier molecular flexibility index (Phi) is 7.52. The van der Waals surface area contributed by atoms with Gasteiger partial charge in [0.1, 0.15) is 5.75 Å². The van der Waals surface area contributed by atoms with Gasteiger partial charge in [-0.1, -0.05) is 48.7 Å². The first-order valence-electron chi connectivity index (χ1n) is 15.0. The number of aromatic nitrogens is 2. The molecule has 0 unspecified atom stereocenters. The molecule has 1 heterocycles. The lowest BCUT2D eigenvalue weighted by atomic mass is 9.51. The van der Waals surface area contributed by atoms with Crippen LogP contribution in [-0.2, 0) is 10.2 Å². The fourth-order valence-corrected chi connectivity index (χ4v) is 7.42. The van der Waals surface area contributed by atoms with Gasteiger partial charge in [0, 0.05) is 24.2 Å². The number of nitrogens with zero attached hydrogens (tertiary/aromatic N) is 3. The van der Waals surface area contributed by atoms with Crippen LogP contribution in [0.5, 0.6) is 5.75 Å². The molecule has 0 aliphatic heterocycles. The summed E-state index contributed by atoms with van der Waals surface area (Å²) in [6.45, 7) is 2.63. The minimum absolute atomic E-state index is 0.135. The molecule has 6 heteroatoms. The van der Waals surface area contributed by atoms with Gasteiger partial charge < -0.3 is 14.2 Å². The molecule has 0 spiro atoms. The number of methoxy groups -OCH3 is 1. The van der Waals surface area contributed by atoms with Gasteiger partial charge >= 0.3 is 0 Å². The van der Waals surface area contributed by atoms with Gasteiger partial charge in [0.2, 0.25) is 5.91 Å². The van der Waals surface area contributed by atoms with Crippen molar-refractivity contribution in [2.24, 2.45) is 11.3 Å². The normalized spacial score (nSPS) is 24.9. The molecule has 1 aromatic heterocycles. The molecule has 6 nitrogen and oxygen atoms in total. The van der Waals surface area contributed by atoms with Crippen molar-refractivity contribution < 1.29 is 14.1 Å². The second kappa shape index (κ2) is 11.2. The van der Waals surface area contributed by atoms with Crippen LogP contribution in [0.3, 0.4) is 0 Å². The molecule has 4 saturated carbocycles. The smallest absolute Gasteiger partial charge is 0.250 e. The van der Waals surface area contributed by atoms with Crippen LogP contribution in [0.2, 0.25) is 0 Å².